The Morgan fingerprint density at radius 1 is 1.29 bits per heavy atom. The molecule has 0 bridgehead atoms. The number of hydrogen-bond donors (Lipinski definition) is 2. The van der Waals surface area contributed by atoms with Gasteiger partial charge >= 0.3 is 6.61 Å². The number of rotatable bonds is 8. The van der Waals surface area contributed by atoms with Crippen LogP contribution in [-0.2, 0) is 10.8 Å². The lowest BCUT2D eigenvalue weighted by Gasteiger charge is -2.36. The van der Waals surface area contributed by atoms with Crippen LogP contribution in [0.5, 0.6) is 5.75 Å². The highest BCUT2D eigenvalue weighted by molar-refractivity contribution is 7.86. The lowest BCUT2D eigenvalue weighted by molar-refractivity contribution is -0.0498. The van der Waals surface area contributed by atoms with Gasteiger partial charge in [0.25, 0.3) is 0 Å². The van der Waals surface area contributed by atoms with E-state index in [-0.39, 0.29) is 11.3 Å². The van der Waals surface area contributed by atoms with Crippen molar-refractivity contribution in [3.05, 3.63) is 53.7 Å². The predicted octanol–water partition coefficient (Wildman–Crippen LogP) is 4.00. The largest absolute Gasteiger partial charge is 0.435 e. The fourth-order valence-corrected chi connectivity index (χ4v) is 5.31. The SMILES string of the molecule is CCCC(O)c1nn(-c2cccc(OC(F)F)c2)c2ccc(C=O)cc12.CNC1(C)CS(=O)C1. The first-order valence-electron chi connectivity index (χ1n) is 10.9. The summed E-state index contributed by atoms with van der Waals surface area (Å²) in [6.45, 7) is 1.12. The van der Waals surface area contributed by atoms with Crippen molar-refractivity contribution < 1.29 is 27.6 Å². The molecule has 0 radical (unpaired) electrons. The third-order valence-electron chi connectivity index (χ3n) is 5.60. The third kappa shape index (κ3) is 6.05. The number of nitrogens with zero attached hydrogens (tertiary/aromatic N) is 2. The van der Waals surface area contributed by atoms with Crippen molar-refractivity contribution in [3.63, 3.8) is 0 Å². The number of halogens is 2. The normalized spacial score (nSPS) is 20.4. The lowest BCUT2D eigenvalue weighted by Crippen LogP contribution is -2.58. The van der Waals surface area contributed by atoms with E-state index in [0.717, 1.165) is 24.2 Å². The van der Waals surface area contributed by atoms with Crippen molar-refractivity contribution in [1.82, 2.24) is 15.1 Å². The molecular formula is C24H29F2N3O4S. The van der Waals surface area contributed by atoms with Crippen LogP contribution < -0.4 is 10.1 Å². The van der Waals surface area contributed by atoms with E-state index in [1.54, 1.807) is 35.0 Å². The van der Waals surface area contributed by atoms with E-state index in [9.17, 15) is 22.9 Å². The van der Waals surface area contributed by atoms with Crippen molar-refractivity contribution in [2.75, 3.05) is 18.6 Å². The van der Waals surface area contributed by atoms with E-state index < -0.39 is 23.5 Å². The van der Waals surface area contributed by atoms with Crippen LogP contribution in [0.15, 0.2) is 42.5 Å². The standard InChI is InChI=1S/C19H18F2N2O3.C5H11NOS/c1-2-4-17(25)18-15-9-12(11-24)7-8-16(15)23(22-18)13-5-3-6-14(10-13)26-19(20)21;1-5(6-2)3-8(7)4-5/h3,5-11,17,19,25H,2,4H2,1H3;6H,3-4H2,1-2H3. The van der Waals surface area contributed by atoms with Crippen molar-refractivity contribution in [2.45, 2.75) is 44.9 Å². The molecule has 184 valence electrons. The molecule has 0 aliphatic carbocycles. The Morgan fingerprint density at radius 3 is 2.59 bits per heavy atom. The number of carbonyl (C=O) groups excluding carboxylic acids is 1. The first-order valence-corrected chi connectivity index (χ1v) is 12.4. The topological polar surface area (TPSA) is 93.4 Å². The van der Waals surface area contributed by atoms with Crippen LogP contribution in [0.25, 0.3) is 16.6 Å². The Labute approximate surface area is 199 Å². The van der Waals surface area contributed by atoms with Crippen molar-refractivity contribution >= 4 is 28.0 Å². The van der Waals surface area contributed by atoms with Crippen LogP contribution >= 0.6 is 0 Å². The molecule has 0 spiro atoms. The molecule has 34 heavy (non-hydrogen) atoms. The predicted molar refractivity (Wildman–Crippen MR) is 128 cm³/mol. The Morgan fingerprint density at radius 2 is 2.03 bits per heavy atom. The van der Waals surface area contributed by atoms with Gasteiger partial charge in [0, 0.05) is 44.9 Å². The molecule has 3 aromatic rings. The maximum Gasteiger partial charge on any atom is 0.387 e. The number of aliphatic hydroxyl groups is 1. The molecule has 1 fully saturated rings. The van der Waals surface area contributed by atoms with Gasteiger partial charge in [-0.15, -0.1) is 0 Å². The van der Waals surface area contributed by atoms with Crippen LogP contribution in [0.3, 0.4) is 0 Å². The number of alkyl halides is 2. The summed E-state index contributed by atoms with van der Waals surface area (Å²) in [5, 5.41) is 18.7. The number of carbonyl (C=O) groups is 1. The number of fused-ring (bicyclic) bond motifs is 1. The Kier molecular flexibility index (Phi) is 8.51. The zero-order valence-electron chi connectivity index (χ0n) is 19.3. The van der Waals surface area contributed by atoms with Crippen LogP contribution in [0.2, 0.25) is 0 Å². The van der Waals surface area contributed by atoms with Gasteiger partial charge in [-0.2, -0.15) is 13.9 Å². The summed E-state index contributed by atoms with van der Waals surface area (Å²) in [7, 11) is 1.39. The second-order valence-electron chi connectivity index (χ2n) is 8.41. The average Bonchev–Trinajstić information content (AvgIpc) is 3.17. The van der Waals surface area contributed by atoms with Gasteiger partial charge in [0.15, 0.2) is 0 Å². The summed E-state index contributed by atoms with van der Waals surface area (Å²) < 4.78 is 41.5. The lowest BCUT2D eigenvalue weighted by atomic mass is 10.1. The summed E-state index contributed by atoms with van der Waals surface area (Å²) >= 11 is 0. The zero-order valence-corrected chi connectivity index (χ0v) is 20.1. The second-order valence-corrected chi connectivity index (χ2v) is 9.87. The molecule has 1 aliphatic rings. The van der Waals surface area contributed by atoms with E-state index in [2.05, 4.69) is 22.1 Å². The van der Waals surface area contributed by atoms with Crippen molar-refractivity contribution in [2.24, 2.45) is 0 Å². The summed E-state index contributed by atoms with van der Waals surface area (Å²) in [4.78, 5) is 11.1. The van der Waals surface area contributed by atoms with Gasteiger partial charge in [-0.05, 0) is 50.7 Å². The highest BCUT2D eigenvalue weighted by Crippen LogP contribution is 2.30. The molecule has 7 nitrogen and oxygen atoms in total. The van der Waals surface area contributed by atoms with E-state index in [1.165, 1.54) is 12.1 Å². The highest BCUT2D eigenvalue weighted by Gasteiger charge is 2.36. The van der Waals surface area contributed by atoms with E-state index in [4.69, 9.17) is 0 Å². The number of aldehydes is 1. The molecule has 4 rings (SSSR count). The second kappa shape index (κ2) is 11.2. The number of ether oxygens (including phenoxy) is 1. The molecule has 2 N–H and O–H groups in total. The minimum atomic E-state index is -2.92. The van der Waals surface area contributed by atoms with Gasteiger partial charge in [0.05, 0.1) is 23.0 Å². The average molecular weight is 494 g/mol. The van der Waals surface area contributed by atoms with E-state index in [0.29, 0.717) is 34.3 Å². The number of nitrogens with one attached hydrogen (secondary N) is 1. The molecule has 10 heteroatoms. The van der Waals surface area contributed by atoms with Gasteiger partial charge in [-0.3, -0.25) is 9.00 Å². The molecular weight excluding hydrogens is 464 g/mol. The Balaban J connectivity index is 0.000000343. The maximum atomic E-state index is 12.5. The minimum absolute atomic E-state index is 0.0151. The van der Waals surface area contributed by atoms with Crippen molar-refractivity contribution in [1.29, 1.82) is 0 Å². The number of benzene rings is 2. The van der Waals surface area contributed by atoms with Gasteiger partial charge in [-0.1, -0.05) is 19.4 Å². The maximum absolute atomic E-state index is 12.5. The molecule has 0 amide bonds. The van der Waals surface area contributed by atoms with Gasteiger partial charge in [0.1, 0.15) is 12.0 Å². The number of hydrogen-bond acceptors (Lipinski definition) is 6. The van der Waals surface area contributed by atoms with E-state index in [1.807, 2.05) is 14.0 Å². The smallest absolute Gasteiger partial charge is 0.387 e. The molecule has 1 atom stereocenters. The summed E-state index contributed by atoms with van der Waals surface area (Å²) in [6.07, 6.45) is 1.22. The molecule has 1 aliphatic heterocycles. The first-order chi connectivity index (χ1) is 16.2. The molecule has 1 aromatic heterocycles. The minimum Gasteiger partial charge on any atom is -0.435 e. The highest BCUT2D eigenvalue weighted by atomic mass is 32.2. The molecule has 2 heterocycles. The monoisotopic (exact) mass is 493 g/mol. The summed E-state index contributed by atoms with van der Waals surface area (Å²) in [5.41, 5.74) is 2.28. The Hall–Kier alpha value is -2.69. The molecule has 2 aromatic carbocycles. The fraction of sp³-hybridized carbons (Fsp3) is 0.417. The number of aliphatic hydroxyl groups excluding tert-OH is 1. The van der Waals surface area contributed by atoms with Crippen LogP contribution in [0, 0.1) is 0 Å². The van der Waals surface area contributed by atoms with Gasteiger partial charge in [0.2, 0.25) is 0 Å². The van der Waals surface area contributed by atoms with E-state index >= 15 is 0 Å². The number of aromatic nitrogens is 2. The quantitative estimate of drug-likeness (QED) is 0.461. The van der Waals surface area contributed by atoms with Crippen molar-refractivity contribution in [3.8, 4) is 11.4 Å². The van der Waals surface area contributed by atoms with Crippen LogP contribution in [0.4, 0.5) is 8.78 Å². The molecule has 0 saturated carbocycles. The fourth-order valence-electron chi connectivity index (χ4n) is 3.69. The van der Waals surface area contributed by atoms with Gasteiger partial charge < -0.3 is 15.2 Å². The Bertz CT molecular complexity index is 1160. The summed E-state index contributed by atoms with van der Waals surface area (Å²) in [6, 6.07) is 11.2. The van der Waals surface area contributed by atoms with Gasteiger partial charge in [-0.25, -0.2) is 4.68 Å². The summed E-state index contributed by atoms with van der Waals surface area (Å²) in [5.74, 6) is 1.66. The molecule has 1 saturated heterocycles. The van der Waals surface area contributed by atoms with Crippen LogP contribution in [-0.4, -0.2) is 56.1 Å². The first kappa shape index (κ1) is 25.9. The molecule has 1 unspecified atom stereocenters. The van der Waals surface area contributed by atoms with Crippen LogP contribution in [0.1, 0.15) is 48.8 Å². The zero-order chi connectivity index (χ0) is 24.9. The third-order valence-corrected chi connectivity index (χ3v) is 7.51.